The van der Waals surface area contributed by atoms with E-state index in [0.29, 0.717) is 5.56 Å². The van der Waals surface area contributed by atoms with E-state index in [0.717, 1.165) is 77.1 Å². The van der Waals surface area contributed by atoms with E-state index < -0.39 is 24.3 Å². The van der Waals surface area contributed by atoms with E-state index in [2.05, 4.69) is 15.1 Å². The molecule has 38 heavy (non-hydrogen) atoms. The summed E-state index contributed by atoms with van der Waals surface area (Å²) in [5, 5.41) is 13.4. The van der Waals surface area contributed by atoms with Gasteiger partial charge in [0.25, 0.3) is 5.91 Å². The van der Waals surface area contributed by atoms with E-state index in [-0.39, 0.29) is 36.7 Å². The van der Waals surface area contributed by atoms with Gasteiger partial charge in [0.15, 0.2) is 5.78 Å². The third-order valence-electron chi connectivity index (χ3n) is 8.59. The fourth-order valence-electron chi connectivity index (χ4n) is 6.38. The van der Waals surface area contributed by atoms with Crippen molar-refractivity contribution >= 4 is 23.3 Å². The highest BCUT2D eigenvalue weighted by Gasteiger charge is 2.53. The van der Waals surface area contributed by atoms with Crippen molar-refractivity contribution in [1.82, 2.24) is 15.1 Å². The van der Waals surface area contributed by atoms with Crippen molar-refractivity contribution in [2.75, 3.05) is 64.5 Å². The van der Waals surface area contributed by atoms with Crippen LogP contribution in [-0.4, -0.2) is 116 Å². The van der Waals surface area contributed by atoms with E-state index in [4.69, 9.17) is 9.47 Å². The maximum Gasteiger partial charge on any atom is 0.251 e. The molecular weight excluding hydrogens is 488 g/mol. The lowest BCUT2D eigenvalue weighted by Crippen LogP contribution is -2.55. The number of carbonyl (C=O) groups excluding carboxylic acids is 3. The molecule has 2 N–H and O–H groups in total. The normalized spacial score (nSPS) is 27.4. The number of ketones is 1. The number of ether oxygens (including phenoxy) is 2. The average molecular weight is 529 g/mol. The van der Waals surface area contributed by atoms with Crippen LogP contribution in [0.25, 0.3) is 0 Å². The fourth-order valence-corrected chi connectivity index (χ4v) is 6.38. The Bertz CT molecular complexity index is 990. The van der Waals surface area contributed by atoms with Gasteiger partial charge in [0.05, 0.1) is 13.2 Å². The molecule has 1 aromatic rings. The summed E-state index contributed by atoms with van der Waals surface area (Å²) in [6.07, 6.45) is 3.26. The molecule has 5 rings (SSSR count). The minimum atomic E-state index is -0.896. The van der Waals surface area contributed by atoms with Gasteiger partial charge in [-0.2, -0.15) is 0 Å². The summed E-state index contributed by atoms with van der Waals surface area (Å²) < 4.78 is 10.6. The van der Waals surface area contributed by atoms with Crippen LogP contribution in [0.4, 0.5) is 5.69 Å². The number of amides is 2. The Morgan fingerprint density at radius 1 is 1.11 bits per heavy atom. The van der Waals surface area contributed by atoms with Gasteiger partial charge in [-0.3, -0.25) is 19.3 Å². The molecular formula is C28H40N4O6. The number of rotatable bonds is 8. The largest absolute Gasteiger partial charge is 0.388 e. The molecule has 1 aliphatic carbocycles. The molecule has 0 bridgehead atoms. The standard InChI is InChI=1S/C28H40N4O6/c1-37-16-15-30-11-13-31(14-12-30)21-9-7-20(8-10-21)27(35)29-24(19-5-3-2-4-6-19)28(36)32-17-22(33)26-25(32)23(34)18-38-26/h7-10,19,22,24-26,33H,2-6,11-18H2,1H3,(H,29,35)/t22-,24-,25+,26+/m0/s1. The van der Waals surface area contributed by atoms with Gasteiger partial charge in [-0.05, 0) is 43.0 Å². The summed E-state index contributed by atoms with van der Waals surface area (Å²) in [6, 6.07) is 6.06. The van der Waals surface area contributed by atoms with Crippen molar-refractivity contribution < 1.29 is 29.0 Å². The van der Waals surface area contributed by atoms with Gasteiger partial charge in [-0.15, -0.1) is 0 Å². The highest BCUT2D eigenvalue weighted by molar-refractivity contribution is 5.99. The number of nitrogens with zero attached hydrogens (tertiary/aromatic N) is 3. The van der Waals surface area contributed by atoms with Gasteiger partial charge < -0.3 is 29.7 Å². The number of nitrogens with one attached hydrogen (secondary N) is 1. The lowest BCUT2D eigenvalue weighted by molar-refractivity contribution is -0.139. The van der Waals surface area contributed by atoms with Gasteiger partial charge in [-0.1, -0.05) is 19.3 Å². The zero-order valence-corrected chi connectivity index (χ0v) is 22.2. The highest BCUT2D eigenvalue weighted by Crippen LogP contribution is 2.32. The number of anilines is 1. The number of methoxy groups -OCH3 is 1. The van der Waals surface area contributed by atoms with Gasteiger partial charge >= 0.3 is 0 Å². The number of aliphatic hydroxyl groups excluding tert-OH is 1. The third kappa shape index (κ3) is 5.73. The SMILES string of the molecule is COCCN1CCN(c2ccc(C(=O)N[C@H](C(=O)N3C[C@H](O)[C@H]4OCC(=O)[C@H]43)C3CCCCC3)cc2)CC1. The first-order valence-corrected chi connectivity index (χ1v) is 14.0. The van der Waals surface area contributed by atoms with Crippen LogP contribution in [0.2, 0.25) is 0 Å². The molecule has 3 saturated heterocycles. The number of Topliss-reactive ketones (excluding diaryl/α,β-unsaturated/α-hetero) is 1. The molecule has 10 heteroatoms. The van der Waals surface area contributed by atoms with Crippen molar-refractivity contribution in [1.29, 1.82) is 0 Å². The molecule has 4 atom stereocenters. The third-order valence-corrected chi connectivity index (χ3v) is 8.59. The summed E-state index contributed by atoms with van der Waals surface area (Å²) in [5.74, 6) is -0.778. The van der Waals surface area contributed by atoms with E-state index in [9.17, 15) is 19.5 Å². The van der Waals surface area contributed by atoms with Crippen LogP contribution in [0.1, 0.15) is 42.5 Å². The molecule has 208 valence electrons. The molecule has 0 unspecified atom stereocenters. The topological polar surface area (TPSA) is 112 Å². The first-order chi connectivity index (χ1) is 18.5. The number of hydrogen-bond acceptors (Lipinski definition) is 8. The number of fused-ring (bicyclic) bond motifs is 1. The van der Waals surface area contributed by atoms with Crippen LogP contribution in [0.5, 0.6) is 0 Å². The van der Waals surface area contributed by atoms with Crippen LogP contribution < -0.4 is 10.2 Å². The Morgan fingerprint density at radius 3 is 2.50 bits per heavy atom. The zero-order chi connectivity index (χ0) is 26.6. The molecule has 0 radical (unpaired) electrons. The Morgan fingerprint density at radius 2 is 1.82 bits per heavy atom. The van der Waals surface area contributed by atoms with Crippen LogP contribution >= 0.6 is 0 Å². The molecule has 4 fully saturated rings. The lowest BCUT2D eigenvalue weighted by atomic mass is 9.83. The summed E-state index contributed by atoms with van der Waals surface area (Å²) in [4.78, 5) is 45.7. The van der Waals surface area contributed by atoms with Crippen LogP contribution in [0, 0.1) is 5.92 Å². The second-order valence-corrected chi connectivity index (χ2v) is 11.0. The van der Waals surface area contributed by atoms with Gasteiger partial charge in [0, 0.05) is 51.1 Å². The highest BCUT2D eigenvalue weighted by atomic mass is 16.5. The van der Waals surface area contributed by atoms with Crippen molar-refractivity contribution in [3.63, 3.8) is 0 Å². The average Bonchev–Trinajstić information content (AvgIpc) is 3.51. The number of carbonyl (C=O) groups is 3. The van der Waals surface area contributed by atoms with Crippen molar-refractivity contribution in [2.24, 2.45) is 5.92 Å². The fraction of sp³-hybridized carbons (Fsp3) is 0.679. The second-order valence-electron chi connectivity index (χ2n) is 11.0. The van der Waals surface area contributed by atoms with Crippen LogP contribution in [0.3, 0.4) is 0 Å². The first kappa shape index (κ1) is 27.1. The number of hydrogen-bond donors (Lipinski definition) is 2. The minimum Gasteiger partial charge on any atom is -0.388 e. The van der Waals surface area contributed by atoms with E-state index in [1.807, 2.05) is 24.3 Å². The summed E-state index contributed by atoms with van der Waals surface area (Å²) in [7, 11) is 1.72. The van der Waals surface area contributed by atoms with Crippen LogP contribution in [0.15, 0.2) is 24.3 Å². The summed E-state index contributed by atoms with van der Waals surface area (Å²) >= 11 is 0. The maximum absolute atomic E-state index is 13.8. The second kappa shape index (κ2) is 12.1. The predicted octanol–water partition coefficient (Wildman–Crippen LogP) is 0.673. The van der Waals surface area contributed by atoms with E-state index >= 15 is 0 Å². The Hall–Kier alpha value is -2.53. The van der Waals surface area contributed by atoms with E-state index in [1.165, 1.54) is 4.90 Å². The van der Waals surface area contributed by atoms with Crippen molar-refractivity contribution in [3.8, 4) is 0 Å². The molecule has 0 aromatic heterocycles. The van der Waals surface area contributed by atoms with Crippen molar-refractivity contribution in [2.45, 2.75) is 56.4 Å². The molecule has 0 spiro atoms. The van der Waals surface area contributed by atoms with Gasteiger partial charge in [0.1, 0.15) is 30.9 Å². The summed E-state index contributed by atoms with van der Waals surface area (Å²) in [5.41, 5.74) is 1.57. The van der Waals surface area contributed by atoms with Crippen LogP contribution in [-0.2, 0) is 19.1 Å². The molecule has 1 aromatic carbocycles. The first-order valence-electron chi connectivity index (χ1n) is 14.0. The number of benzene rings is 1. The smallest absolute Gasteiger partial charge is 0.251 e. The Labute approximate surface area is 224 Å². The number of piperazine rings is 1. The maximum atomic E-state index is 13.8. The van der Waals surface area contributed by atoms with Crippen molar-refractivity contribution in [3.05, 3.63) is 29.8 Å². The molecule has 10 nitrogen and oxygen atoms in total. The predicted molar refractivity (Wildman–Crippen MR) is 141 cm³/mol. The molecule has 4 aliphatic rings. The minimum absolute atomic E-state index is 0.00231. The molecule has 2 amide bonds. The summed E-state index contributed by atoms with van der Waals surface area (Å²) in [6.45, 7) is 5.40. The Balaban J connectivity index is 1.25. The van der Waals surface area contributed by atoms with Gasteiger partial charge in [-0.25, -0.2) is 0 Å². The zero-order valence-electron chi connectivity index (χ0n) is 22.2. The van der Waals surface area contributed by atoms with Gasteiger partial charge in [0.2, 0.25) is 5.91 Å². The van der Waals surface area contributed by atoms with E-state index in [1.54, 1.807) is 7.11 Å². The quantitative estimate of drug-likeness (QED) is 0.507. The monoisotopic (exact) mass is 528 g/mol. The number of β-amino-alcohol motifs (C(OH)–C–C–N with tert-alkyl or cyclic N) is 1. The lowest BCUT2D eigenvalue weighted by Gasteiger charge is -2.36. The molecule has 3 heterocycles. The molecule has 1 saturated carbocycles. The number of likely N-dealkylation sites (tertiary alicyclic amines) is 1. The number of aliphatic hydroxyl groups is 1. The molecule has 3 aliphatic heterocycles. The Kier molecular flexibility index (Phi) is 8.62.